The highest BCUT2D eigenvalue weighted by molar-refractivity contribution is 6.02. The van der Waals surface area contributed by atoms with E-state index < -0.39 is 0 Å². The average Bonchev–Trinajstić information content (AvgIpc) is 2.71. The molecule has 0 aromatic heterocycles. The van der Waals surface area contributed by atoms with Gasteiger partial charge in [0.05, 0.1) is 25.4 Å². The first kappa shape index (κ1) is 21.2. The molecule has 0 bridgehead atoms. The first-order valence-electron chi connectivity index (χ1n) is 9.63. The minimum atomic E-state index is -0.269. The van der Waals surface area contributed by atoms with Gasteiger partial charge in [-0.1, -0.05) is 6.92 Å². The molecule has 1 saturated heterocycles. The summed E-state index contributed by atoms with van der Waals surface area (Å²) in [4.78, 5) is 24.8. The first-order valence-corrected chi connectivity index (χ1v) is 9.63. The second-order valence-corrected chi connectivity index (χ2v) is 6.30. The lowest BCUT2D eigenvalue weighted by Crippen LogP contribution is -2.29. The van der Waals surface area contributed by atoms with Crippen LogP contribution in [0, 0.1) is 0 Å². The van der Waals surface area contributed by atoms with Crippen molar-refractivity contribution in [1.29, 1.82) is 0 Å². The van der Waals surface area contributed by atoms with Crippen LogP contribution in [0.15, 0.2) is 12.1 Å². The molecule has 1 aliphatic heterocycles. The molecule has 1 fully saturated rings. The summed E-state index contributed by atoms with van der Waals surface area (Å²) < 4.78 is 16.7. The molecule has 0 unspecified atom stereocenters. The molecule has 2 rings (SSSR count). The summed E-state index contributed by atoms with van der Waals surface area (Å²) in [7, 11) is 1.56. The van der Waals surface area contributed by atoms with Crippen molar-refractivity contribution in [3.05, 3.63) is 28.8 Å². The Bertz CT molecular complexity index is 642. The highest BCUT2D eigenvalue weighted by Crippen LogP contribution is 2.27. The number of hydrogen-bond acceptors (Lipinski definition) is 5. The lowest BCUT2D eigenvalue weighted by Gasteiger charge is -2.23. The number of aryl methyl sites for hydroxylation is 1. The summed E-state index contributed by atoms with van der Waals surface area (Å²) in [5, 5.41) is 5.51. The number of nitrogens with one attached hydrogen (secondary N) is 2. The maximum Gasteiger partial charge on any atom is 0.254 e. The number of amides is 2. The molecule has 1 aromatic rings. The van der Waals surface area contributed by atoms with Crippen LogP contribution in [0.2, 0.25) is 0 Å². The maximum absolute atomic E-state index is 12.6. The lowest BCUT2D eigenvalue weighted by atomic mass is 10.0. The van der Waals surface area contributed by atoms with Crippen LogP contribution in [0.25, 0.3) is 0 Å². The van der Waals surface area contributed by atoms with Crippen LogP contribution in [-0.4, -0.2) is 51.5 Å². The van der Waals surface area contributed by atoms with E-state index in [9.17, 15) is 9.59 Å². The highest BCUT2D eigenvalue weighted by atomic mass is 16.7. The van der Waals surface area contributed by atoms with Gasteiger partial charge >= 0.3 is 0 Å². The zero-order valence-corrected chi connectivity index (χ0v) is 16.4. The summed E-state index contributed by atoms with van der Waals surface area (Å²) in [6, 6.07) is 3.38. The largest absolute Gasteiger partial charge is 0.493 e. The Kier molecular flexibility index (Phi) is 8.54. The van der Waals surface area contributed by atoms with E-state index in [0.29, 0.717) is 36.4 Å². The molecule has 7 nitrogen and oxygen atoms in total. The molecular formula is C20H30N2O5. The zero-order valence-electron chi connectivity index (χ0n) is 16.4. The van der Waals surface area contributed by atoms with Crippen molar-refractivity contribution in [1.82, 2.24) is 10.6 Å². The fourth-order valence-corrected chi connectivity index (χ4v) is 2.98. The fraction of sp³-hybridized carbons (Fsp3) is 0.600. The van der Waals surface area contributed by atoms with Gasteiger partial charge in [0.15, 0.2) is 6.29 Å². The topological polar surface area (TPSA) is 85.9 Å². The Morgan fingerprint density at radius 1 is 1.19 bits per heavy atom. The Hall–Kier alpha value is -2.12. The number of benzene rings is 1. The van der Waals surface area contributed by atoms with Crippen LogP contribution in [0.4, 0.5) is 0 Å². The molecule has 2 amide bonds. The van der Waals surface area contributed by atoms with Crippen molar-refractivity contribution in [2.75, 3.05) is 33.4 Å². The van der Waals surface area contributed by atoms with Gasteiger partial charge in [-0.25, -0.2) is 0 Å². The third kappa shape index (κ3) is 5.94. The number of carbonyl (C=O) groups excluding carboxylic acids is 2. The molecule has 1 aromatic carbocycles. The molecule has 1 aliphatic rings. The second kappa shape index (κ2) is 10.9. The van der Waals surface area contributed by atoms with Crippen molar-refractivity contribution in [2.24, 2.45) is 0 Å². The molecular weight excluding hydrogens is 348 g/mol. The summed E-state index contributed by atoms with van der Waals surface area (Å²) in [6.45, 7) is 6.27. The van der Waals surface area contributed by atoms with E-state index in [1.165, 1.54) is 0 Å². The molecule has 0 saturated carbocycles. The van der Waals surface area contributed by atoms with Crippen molar-refractivity contribution in [2.45, 2.75) is 45.8 Å². The molecule has 27 heavy (non-hydrogen) atoms. The Morgan fingerprint density at radius 3 is 2.56 bits per heavy atom. The molecule has 0 atom stereocenters. The van der Waals surface area contributed by atoms with Crippen molar-refractivity contribution >= 4 is 11.8 Å². The van der Waals surface area contributed by atoms with E-state index in [1.54, 1.807) is 19.2 Å². The standard InChI is InChI=1S/C20H30N2O5/c1-4-14-12-15(13-16(20(24)21-3)18(14)25-5-2)19(23)22-9-6-8-17-26-10-7-11-27-17/h12-13,17H,4-11H2,1-3H3,(H,21,24)(H,22,23). The smallest absolute Gasteiger partial charge is 0.254 e. The first-order chi connectivity index (χ1) is 13.1. The van der Waals surface area contributed by atoms with E-state index >= 15 is 0 Å². The van der Waals surface area contributed by atoms with Crippen LogP contribution >= 0.6 is 0 Å². The highest BCUT2D eigenvalue weighted by Gasteiger charge is 2.19. The maximum atomic E-state index is 12.6. The Morgan fingerprint density at radius 2 is 1.93 bits per heavy atom. The van der Waals surface area contributed by atoms with Crippen LogP contribution in [-0.2, 0) is 15.9 Å². The second-order valence-electron chi connectivity index (χ2n) is 6.30. The fourth-order valence-electron chi connectivity index (χ4n) is 2.98. The molecule has 0 aliphatic carbocycles. The lowest BCUT2D eigenvalue weighted by molar-refractivity contribution is -0.181. The zero-order chi connectivity index (χ0) is 19.6. The van der Waals surface area contributed by atoms with Crippen molar-refractivity contribution in [3.8, 4) is 5.75 Å². The summed E-state index contributed by atoms with van der Waals surface area (Å²) in [5.74, 6) is 0.0697. The summed E-state index contributed by atoms with van der Waals surface area (Å²) in [5.41, 5.74) is 1.68. The van der Waals surface area contributed by atoms with Gasteiger partial charge in [0.25, 0.3) is 11.8 Å². The van der Waals surface area contributed by atoms with E-state index in [2.05, 4.69) is 10.6 Å². The van der Waals surface area contributed by atoms with Gasteiger partial charge in [0.2, 0.25) is 0 Å². The van der Waals surface area contributed by atoms with Crippen molar-refractivity contribution < 1.29 is 23.8 Å². The predicted octanol–water partition coefficient (Wildman–Crippen LogP) is 2.28. The van der Waals surface area contributed by atoms with Gasteiger partial charge in [0, 0.05) is 25.6 Å². The van der Waals surface area contributed by atoms with E-state index in [1.807, 2.05) is 13.8 Å². The van der Waals surface area contributed by atoms with Gasteiger partial charge in [-0.05, 0) is 43.9 Å². The molecule has 0 spiro atoms. The number of rotatable bonds is 9. The number of hydrogen-bond donors (Lipinski definition) is 2. The number of ether oxygens (including phenoxy) is 3. The minimum Gasteiger partial charge on any atom is -0.493 e. The van der Waals surface area contributed by atoms with Gasteiger partial charge in [0.1, 0.15) is 5.75 Å². The van der Waals surface area contributed by atoms with E-state index in [0.717, 1.165) is 38.0 Å². The van der Waals surface area contributed by atoms with E-state index in [-0.39, 0.29) is 18.1 Å². The Balaban J connectivity index is 2.02. The van der Waals surface area contributed by atoms with Crippen LogP contribution < -0.4 is 15.4 Å². The van der Waals surface area contributed by atoms with Gasteiger partial charge in [-0.3, -0.25) is 9.59 Å². The Labute approximate surface area is 160 Å². The van der Waals surface area contributed by atoms with Gasteiger partial charge in [-0.15, -0.1) is 0 Å². The molecule has 0 radical (unpaired) electrons. The predicted molar refractivity (Wildman–Crippen MR) is 102 cm³/mol. The van der Waals surface area contributed by atoms with Crippen LogP contribution in [0.1, 0.15) is 59.4 Å². The monoisotopic (exact) mass is 378 g/mol. The molecule has 1 heterocycles. The molecule has 150 valence electrons. The van der Waals surface area contributed by atoms with Crippen molar-refractivity contribution in [3.63, 3.8) is 0 Å². The third-order valence-corrected chi connectivity index (χ3v) is 4.37. The number of carbonyl (C=O) groups is 2. The third-order valence-electron chi connectivity index (χ3n) is 4.37. The average molecular weight is 378 g/mol. The molecule has 7 heteroatoms. The van der Waals surface area contributed by atoms with Crippen LogP contribution in [0.5, 0.6) is 5.75 Å². The van der Waals surface area contributed by atoms with Gasteiger partial charge < -0.3 is 24.8 Å². The van der Waals surface area contributed by atoms with Crippen LogP contribution in [0.3, 0.4) is 0 Å². The summed E-state index contributed by atoms with van der Waals surface area (Å²) in [6.07, 6.45) is 2.92. The normalized spacial score (nSPS) is 14.6. The molecule has 2 N–H and O–H groups in total. The minimum absolute atomic E-state index is 0.173. The quantitative estimate of drug-likeness (QED) is 0.644. The van der Waals surface area contributed by atoms with E-state index in [4.69, 9.17) is 14.2 Å². The SMILES string of the molecule is CCOc1c(CC)cc(C(=O)NCCCC2OCCCO2)cc1C(=O)NC. The summed E-state index contributed by atoms with van der Waals surface area (Å²) >= 11 is 0. The van der Waals surface area contributed by atoms with Gasteiger partial charge in [-0.2, -0.15) is 0 Å².